The number of ether oxygens (including phenoxy) is 1. The first-order chi connectivity index (χ1) is 8.16. The van der Waals surface area contributed by atoms with Gasteiger partial charge in [-0.05, 0) is 32.6 Å². The maximum absolute atomic E-state index is 6.00. The molecule has 1 saturated carbocycles. The molecule has 5 heteroatoms. The highest BCUT2D eigenvalue weighted by Crippen LogP contribution is 2.28. The molecule has 1 aromatic heterocycles. The maximum Gasteiger partial charge on any atom is 0.171 e. The van der Waals surface area contributed by atoms with Gasteiger partial charge in [-0.3, -0.25) is 0 Å². The van der Waals surface area contributed by atoms with E-state index in [0.29, 0.717) is 24.1 Å². The normalized spacial score (nSPS) is 15.0. The lowest BCUT2D eigenvalue weighted by Crippen LogP contribution is -2.13. The fourth-order valence-corrected chi connectivity index (χ4v) is 1.70. The van der Waals surface area contributed by atoms with Crippen molar-refractivity contribution < 1.29 is 4.74 Å². The Hall–Kier alpha value is -0.870. The van der Waals surface area contributed by atoms with Crippen LogP contribution in [-0.4, -0.2) is 29.7 Å². The first-order valence-corrected chi connectivity index (χ1v) is 6.37. The minimum atomic E-state index is 0.426. The van der Waals surface area contributed by atoms with Gasteiger partial charge < -0.3 is 10.1 Å². The molecule has 94 valence electrons. The minimum Gasteiger partial charge on any atom is -0.379 e. The first-order valence-electron chi connectivity index (χ1n) is 5.99. The molecular formula is C12H18ClN3O. The summed E-state index contributed by atoms with van der Waals surface area (Å²) in [6.45, 7) is 6.10. The van der Waals surface area contributed by atoms with Crippen LogP contribution >= 0.6 is 11.6 Å². The molecule has 0 aromatic carbocycles. The summed E-state index contributed by atoms with van der Waals surface area (Å²) < 4.78 is 5.52. The third kappa shape index (κ3) is 3.82. The molecule has 1 heterocycles. The van der Waals surface area contributed by atoms with Crippen molar-refractivity contribution >= 4 is 17.4 Å². The van der Waals surface area contributed by atoms with Gasteiger partial charge in [0.25, 0.3) is 0 Å². The molecule has 1 aromatic rings. The van der Waals surface area contributed by atoms with Gasteiger partial charge >= 0.3 is 0 Å². The summed E-state index contributed by atoms with van der Waals surface area (Å²) in [4.78, 5) is 8.57. The molecule has 1 aliphatic carbocycles. The smallest absolute Gasteiger partial charge is 0.171 e. The van der Waals surface area contributed by atoms with Crippen LogP contribution in [-0.2, 0) is 4.74 Å². The lowest BCUT2D eigenvalue weighted by molar-refractivity contribution is 0.134. The predicted octanol–water partition coefficient (Wildman–Crippen LogP) is 2.59. The largest absolute Gasteiger partial charge is 0.379 e. The molecule has 0 bridgehead atoms. The molecular weight excluding hydrogens is 238 g/mol. The average Bonchev–Trinajstić information content (AvgIpc) is 3.08. The van der Waals surface area contributed by atoms with E-state index in [1.807, 2.05) is 13.8 Å². The molecule has 1 N–H and O–H groups in total. The van der Waals surface area contributed by atoms with Crippen LogP contribution in [0.5, 0.6) is 0 Å². The molecule has 0 radical (unpaired) electrons. The Morgan fingerprint density at radius 1 is 1.29 bits per heavy atom. The van der Waals surface area contributed by atoms with Gasteiger partial charge in [0, 0.05) is 13.2 Å². The molecule has 4 nitrogen and oxygen atoms in total. The van der Waals surface area contributed by atoms with Crippen molar-refractivity contribution in [1.29, 1.82) is 0 Å². The maximum atomic E-state index is 6.00. The number of hydrogen-bond donors (Lipinski definition) is 1. The van der Waals surface area contributed by atoms with Gasteiger partial charge in [-0.25, -0.2) is 9.97 Å². The van der Waals surface area contributed by atoms with Crippen molar-refractivity contribution in [3.05, 3.63) is 16.5 Å². The van der Waals surface area contributed by atoms with Crippen LogP contribution in [0.4, 0.5) is 5.82 Å². The summed E-state index contributed by atoms with van der Waals surface area (Å²) in [5, 5.41) is 3.57. The fraction of sp³-hybridized carbons (Fsp3) is 0.667. The molecule has 1 aliphatic rings. The van der Waals surface area contributed by atoms with E-state index in [2.05, 4.69) is 15.3 Å². The van der Waals surface area contributed by atoms with Gasteiger partial charge in [0.15, 0.2) is 11.0 Å². The highest BCUT2D eigenvalue weighted by Gasteiger charge is 2.20. The Bertz CT molecular complexity index is 394. The van der Waals surface area contributed by atoms with E-state index in [1.165, 1.54) is 12.8 Å². The SMILES string of the molecule is Cc1nc(Cl)c(NCCOCC2CC2)nc1C. The lowest BCUT2D eigenvalue weighted by atomic mass is 10.3. The van der Waals surface area contributed by atoms with E-state index in [4.69, 9.17) is 16.3 Å². The number of anilines is 1. The Balaban J connectivity index is 1.75. The summed E-state index contributed by atoms with van der Waals surface area (Å²) in [5.74, 6) is 1.45. The number of aromatic nitrogens is 2. The number of nitrogens with one attached hydrogen (secondary N) is 1. The average molecular weight is 256 g/mol. The van der Waals surface area contributed by atoms with Crippen LogP contribution in [0.3, 0.4) is 0 Å². The second kappa shape index (κ2) is 5.65. The van der Waals surface area contributed by atoms with Crippen molar-refractivity contribution in [1.82, 2.24) is 9.97 Å². The molecule has 0 amide bonds. The van der Waals surface area contributed by atoms with Crippen molar-refractivity contribution in [2.75, 3.05) is 25.1 Å². The fourth-order valence-electron chi connectivity index (χ4n) is 1.46. The van der Waals surface area contributed by atoms with E-state index in [9.17, 15) is 0 Å². The number of hydrogen-bond acceptors (Lipinski definition) is 4. The molecule has 2 rings (SSSR count). The molecule has 0 aliphatic heterocycles. The molecule has 17 heavy (non-hydrogen) atoms. The van der Waals surface area contributed by atoms with Gasteiger partial charge in [-0.2, -0.15) is 0 Å². The molecule has 0 saturated heterocycles. The van der Waals surface area contributed by atoms with Gasteiger partial charge in [0.05, 0.1) is 18.0 Å². The Morgan fingerprint density at radius 2 is 2.00 bits per heavy atom. The zero-order valence-electron chi connectivity index (χ0n) is 10.3. The molecule has 0 spiro atoms. The molecule has 0 unspecified atom stereocenters. The van der Waals surface area contributed by atoms with Gasteiger partial charge in [0.2, 0.25) is 0 Å². The van der Waals surface area contributed by atoms with E-state index >= 15 is 0 Å². The Morgan fingerprint density at radius 3 is 2.71 bits per heavy atom. The summed E-state index contributed by atoms with van der Waals surface area (Å²) in [5.41, 5.74) is 1.77. The summed E-state index contributed by atoms with van der Waals surface area (Å²) in [7, 11) is 0. The molecule has 0 atom stereocenters. The van der Waals surface area contributed by atoms with Crippen LogP contribution in [0.2, 0.25) is 5.15 Å². The Kier molecular flexibility index (Phi) is 4.18. The van der Waals surface area contributed by atoms with Crippen LogP contribution in [0.1, 0.15) is 24.2 Å². The summed E-state index contributed by atoms with van der Waals surface area (Å²) in [6.07, 6.45) is 2.64. The predicted molar refractivity (Wildman–Crippen MR) is 68.5 cm³/mol. The standard InChI is InChI=1S/C12H18ClN3O/c1-8-9(2)16-12(11(13)15-8)14-5-6-17-7-10-3-4-10/h10H,3-7H2,1-2H3,(H,14,16). The van der Waals surface area contributed by atoms with Crippen LogP contribution in [0.25, 0.3) is 0 Å². The lowest BCUT2D eigenvalue weighted by Gasteiger charge is -2.09. The monoisotopic (exact) mass is 255 g/mol. The second-order valence-electron chi connectivity index (χ2n) is 4.48. The summed E-state index contributed by atoms with van der Waals surface area (Å²) >= 11 is 6.00. The van der Waals surface area contributed by atoms with Gasteiger partial charge in [-0.15, -0.1) is 0 Å². The number of aryl methyl sites for hydroxylation is 2. The van der Waals surface area contributed by atoms with Crippen LogP contribution < -0.4 is 5.32 Å². The van der Waals surface area contributed by atoms with E-state index in [1.54, 1.807) is 0 Å². The van der Waals surface area contributed by atoms with E-state index < -0.39 is 0 Å². The van der Waals surface area contributed by atoms with Crippen molar-refractivity contribution in [3.63, 3.8) is 0 Å². The zero-order chi connectivity index (χ0) is 12.3. The van der Waals surface area contributed by atoms with Crippen LogP contribution in [0.15, 0.2) is 0 Å². The van der Waals surface area contributed by atoms with E-state index in [0.717, 1.165) is 23.9 Å². The third-order valence-electron chi connectivity index (χ3n) is 2.85. The Labute approximate surface area is 107 Å². The zero-order valence-corrected chi connectivity index (χ0v) is 11.0. The van der Waals surface area contributed by atoms with Gasteiger partial charge in [0.1, 0.15) is 0 Å². The third-order valence-corrected chi connectivity index (χ3v) is 3.12. The number of rotatable bonds is 6. The number of nitrogens with zero attached hydrogens (tertiary/aromatic N) is 2. The van der Waals surface area contributed by atoms with E-state index in [-0.39, 0.29) is 0 Å². The van der Waals surface area contributed by atoms with Crippen molar-refractivity contribution in [2.45, 2.75) is 26.7 Å². The summed E-state index contributed by atoms with van der Waals surface area (Å²) in [6, 6.07) is 0. The van der Waals surface area contributed by atoms with Crippen molar-refractivity contribution in [2.24, 2.45) is 5.92 Å². The minimum absolute atomic E-state index is 0.426. The van der Waals surface area contributed by atoms with Gasteiger partial charge in [-0.1, -0.05) is 11.6 Å². The van der Waals surface area contributed by atoms with Crippen molar-refractivity contribution in [3.8, 4) is 0 Å². The first kappa shape index (κ1) is 12.6. The second-order valence-corrected chi connectivity index (χ2v) is 4.84. The number of halogens is 1. The topological polar surface area (TPSA) is 47.0 Å². The molecule has 1 fully saturated rings. The highest BCUT2D eigenvalue weighted by molar-refractivity contribution is 6.31. The highest BCUT2D eigenvalue weighted by atomic mass is 35.5. The van der Waals surface area contributed by atoms with Crippen LogP contribution in [0, 0.1) is 19.8 Å². The quantitative estimate of drug-likeness (QED) is 0.794.